The maximum Gasteiger partial charge on any atom is 0.247 e. The molecule has 0 amide bonds. The lowest BCUT2D eigenvalue weighted by atomic mass is 10.3. The van der Waals surface area contributed by atoms with E-state index in [0.29, 0.717) is 11.4 Å². The van der Waals surface area contributed by atoms with Crippen molar-refractivity contribution in [3.05, 3.63) is 47.7 Å². The van der Waals surface area contributed by atoms with Gasteiger partial charge in [-0.2, -0.15) is 5.10 Å². The topological polar surface area (TPSA) is 48.2 Å². The van der Waals surface area contributed by atoms with Crippen LogP contribution in [0, 0.1) is 12.4 Å². The summed E-state index contributed by atoms with van der Waals surface area (Å²) >= 11 is 0. The molecule has 0 aliphatic carbocycles. The van der Waals surface area contributed by atoms with Crippen molar-refractivity contribution in [2.75, 3.05) is 5.73 Å². The first-order valence-electron chi connectivity index (χ1n) is 4.19. The summed E-state index contributed by atoms with van der Waals surface area (Å²) in [5.41, 5.74) is 6.60. The lowest BCUT2D eigenvalue weighted by Crippen LogP contribution is -2.01. The first-order valence-corrected chi connectivity index (χ1v) is 4.19. The molecule has 0 saturated carbocycles. The molecule has 0 saturated heterocycles. The van der Waals surface area contributed by atoms with Crippen LogP contribution in [-0.2, 0) is 0 Å². The lowest BCUT2D eigenvalue weighted by Gasteiger charge is -2.03. The van der Waals surface area contributed by atoms with E-state index in [1.54, 1.807) is 12.1 Å². The highest BCUT2D eigenvalue weighted by Gasteiger charge is 2.07. The summed E-state index contributed by atoms with van der Waals surface area (Å²) in [6.07, 6.45) is 1.38. The Hall–Kier alpha value is -2.35. The van der Waals surface area contributed by atoms with Crippen molar-refractivity contribution in [2.24, 2.45) is 0 Å². The van der Waals surface area contributed by atoms with Gasteiger partial charge in [0.25, 0.3) is 0 Å². The number of anilines is 1. The summed E-state index contributed by atoms with van der Waals surface area (Å²) in [5, 5.41) is 3.94. The molecule has 74 valence electrons. The van der Waals surface area contributed by atoms with Gasteiger partial charge in [-0.1, -0.05) is 0 Å². The summed E-state index contributed by atoms with van der Waals surface area (Å²) < 4.78 is 14.1. The Morgan fingerprint density at radius 2 is 2.00 bits per heavy atom. The number of aromatic nitrogens is 2. The van der Waals surface area contributed by atoms with Crippen LogP contribution in [0.1, 0.15) is 0 Å². The standard InChI is InChI=1S/C10H7FN4/c1-13-9-6-14-15(10(9)12)8-4-2-7(11)3-5-8/h2-6H,12H2. The van der Waals surface area contributed by atoms with E-state index in [1.807, 2.05) is 0 Å². The van der Waals surface area contributed by atoms with E-state index in [2.05, 4.69) is 9.94 Å². The van der Waals surface area contributed by atoms with Gasteiger partial charge in [-0.15, -0.1) is 0 Å². The fourth-order valence-corrected chi connectivity index (χ4v) is 1.22. The molecule has 0 aliphatic rings. The van der Waals surface area contributed by atoms with Crippen LogP contribution in [0.3, 0.4) is 0 Å². The third-order valence-corrected chi connectivity index (χ3v) is 1.98. The van der Waals surface area contributed by atoms with Gasteiger partial charge >= 0.3 is 0 Å². The van der Waals surface area contributed by atoms with Crippen molar-refractivity contribution >= 4 is 11.5 Å². The fourth-order valence-electron chi connectivity index (χ4n) is 1.22. The number of nitrogen functional groups attached to an aromatic ring is 1. The van der Waals surface area contributed by atoms with Crippen LogP contribution < -0.4 is 5.73 Å². The molecule has 0 unspecified atom stereocenters. The van der Waals surface area contributed by atoms with Crippen LogP contribution >= 0.6 is 0 Å². The first-order chi connectivity index (χ1) is 7.22. The molecule has 1 aromatic heterocycles. The number of benzene rings is 1. The van der Waals surface area contributed by atoms with E-state index in [0.717, 1.165) is 0 Å². The number of halogens is 1. The van der Waals surface area contributed by atoms with Gasteiger partial charge in [-0.3, -0.25) is 0 Å². The number of hydrogen-bond donors (Lipinski definition) is 1. The highest BCUT2D eigenvalue weighted by molar-refractivity contribution is 5.64. The van der Waals surface area contributed by atoms with Crippen molar-refractivity contribution < 1.29 is 4.39 Å². The number of nitrogens with zero attached hydrogens (tertiary/aromatic N) is 3. The summed E-state index contributed by atoms with van der Waals surface area (Å²) in [6, 6.07) is 5.72. The van der Waals surface area contributed by atoms with Crippen LogP contribution in [0.25, 0.3) is 10.5 Å². The van der Waals surface area contributed by atoms with E-state index in [-0.39, 0.29) is 11.6 Å². The molecule has 15 heavy (non-hydrogen) atoms. The Morgan fingerprint density at radius 1 is 1.33 bits per heavy atom. The lowest BCUT2D eigenvalue weighted by molar-refractivity contribution is 0.627. The smallest absolute Gasteiger partial charge is 0.247 e. The number of hydrogen-bond acceptors (Lipinski definition) is 2. The molecule has 1 aromatic carbocycles. The predicted molar refractivity (Wildman–Crippen MR) is 54.2 cm³/mol. The van der Waals surface area contributed by atoms with Crippen LogP contribution in [0.15, 0.2) is 30.5 Å². The van der Waals surface area contributed by atoms with Crippen LogP contribution in [0.5, 0.6) is 0 Å². The number of nitrogens with two attached hydrogens (primary N) is 1. The molecule has 2 aromatic rings. The quantitative estimate of drug-likeness (QED) is 0.720. The molecular weight excluding hydrogens is 195 g/mol. The van der Waals surface area contributed by atoms with Crippen LogP contribution in [-0.4, -0.2) is 9.78 Å². The van der Waals surface area contributed by atoms with Gasteiger partial charge in [0.05, 0.1) is 18.5 Å². The Morgan fingerprint density at radius 3 is 2.53 bits per heavy atom. The average Bonchev–Trinajstić information content (AvgIpc) is 2.61. The summed E-state index contributed by atoms with van der Waals surface area (Å²) in [4.78, 5) is 3.20. The zero-order chi connectivity index (χ0) is 10.8. The van der Waals surface area contributed by atoms with Gasteiger partial charge in [0.15, 0.2) is 0 Å². The second-order valence-corrected chi connectivity index (χ2v) is 2.92. The maximum atomic E-state index is 12.7. The molecule has 0 atom stereocenters. The van der Waals surface area contributed by atoms with Crippen molar-refractivity contribution in [2.45, 2.75) is 0 Å². The zero-order valence-corrected chi connectivity index (χ0v) is 7.68. The molecule has 0 fully saturated rings. The van der Waals surface area contributed by atoms with E-state index in [9.17, 15) is 4.39 Å². The fraction of sp³-hybridized carbons (Fsp3) is 0. The molecule has 2 rings (SSSR count). The summed E-state index contributed by atoms with van der Waals surface area (Å²) in [5.74, 6) is -0.0634. The largest absolute Gasteiger partial charge is 0.392 e. The van der Waals surface area contributed by atoms with E-state index in [4.69, 9.17) is 12.3 Å². The second-order valence-electron chi connectivity index (χ2n) is 2.92. The van der Waals surface area contributed by atoms with Crippen molar-refractivity contribution in [1.82, 2.24) is 9.78 Å². The minimum absolute atomic E-state index is 0.261. The zero-order valence-electron chi connectivity index (χ0n) is 7.68. The monoisotopic (exact) mass is 202 g/mol. The van der Waals surface area contributed by atoms with Gasteiger partial charge in [0, 0.05) is 0 Å². The van der Waals surface area contributed by atoms with Gasteiger partial charge < -0.3 is 5.73 Å². The van der Waals surface area contributed by atoms with Crippen molar-refractivity contribution in [3.8, 4) is 5.69 Å². The Balaban J connectivity index is 2.51. The van der Waals surface area contributed by atoms with E-state index in [1.165, 1.54) is 23.0 Å². The average molecular weight is 202 g/mol. The Kier molecular flexibility index (Phi) is 2.10. The molecule has 0 bridgehead atoms. The summed E-state index contributed by atoms with van der Waals surface area (Å²) in [6.45, 7) is 6.83. The molecule has 4 nitrogen and oxygen atoms in total. The normalized spacial score (nSPS) is 9.87. The molecule has 0 aliphatic heterocycles. The van der Waals surface area contributed by atoms with Gasteiger partial charge in [-0.25, -0.2) is 13.9 Å². The SMILES string of the molecule is [C-]#[N+]c1cnn(-c2ccc(F)cc2)c1N. The van der Waals surface area contributed by atoms with Crippen LogP contribution in [0.4, 0.5) is 15.9 Å². The Bertz CT molecular complexity index is 521. The third kappa shape index (κ3) is 1.53. The van der Waals surface area contributed by atoms with Gasteiger partial charge in [-0.05, 0) is 24.3 Å². The summed E-state index contributed by atoms with van der Waals surface area (Å²) in [7, 11) is 0. The maximum absolute atomic E-state index is 12.7. The number of rotatable bonds is 1. The van der Waals surface area contributed by atoms with E-state index >= 15 is 0 Å². The molecule has 5 heteroatoms. The predicted octanol–water partition coefficient (Wildman–Crippen LogP) is 2.14. The molecule has 0 spiro atoms. The first kappa shape index (κ1) is 9.21. The highest BCUT2D eigenvalue weighted by atomic mass is 19.1. The van der Waals surface area contributed by atoms with Gasteiger partial charge in [0.2, 0.25) is 5.69 Å². The molecule has 0 radical (unpaired) electrons. The van der Waals surface area contributed by atoms with E-state index < -0.39 is 0 Å². The van der Waals surface area contributed by atoms with Crippen molar-refractivity contribution in [3.63, 3.8) is 0 Å². The van der Waals surface area contributed by atoms with Gasteiger partial charge in [0.1, 0.15) is 11.6 Å². The minimum Gasteiger partial charge on any atom is -0.392 e. The Labute approximate surface area is 85.6 Å². The molecular formula is C10H7FN4. The molecule has 1 heterocycles. The molecule has 2 N–H and O–H groups in total. The van der Waals surface area contributed by atoms with Crippen molar-refractivity contribution in [1.29, 1.82) is 0 Å². The third-order valence-electron chi connectivity index (χ3n) is 1.98. The van der Waals surface area contributed by atoms with Crippen LogP contribution in [0.2, 0.25) is 0 Å². The second kappa shape index (κ2) is 3.42. The minimum atomic E-state index is -0.324. The highest BCUT2D eigenvalue weighted by Crippen LogP contribution is 2.23.